The summed E-state index contributed by atoms with van der Waals surface area (Å²) in [6, 6.07) is 6.75. The molecule has 1 aliphatic heterocycles. The van der Waals surface area contributed by atoms with Crippen LogP contribution in [0.15, 0.2) is 24.3 Å². The predicted molar refractivity (Wildman–Crippen MR) is 70.7 cm³/mol. The summed E-state index contributed by atoms with van der Waals surface area (Å²) >= 11 is 0. The van der Waals surface area contributed by atoms with Gasteiger partial charge in [0.05, 0.1) is 0 Å². The molecule has 0 spiro atoms. The first-order valence-corrected chi connectivity index (χ1v) is 5.78. The van der Waals surface area contributed by atoms with Crippen LogP contribution in [0.1, 0.15) is 18.9 Å². The number of nitrogens with two attached hydrogens (primary N) is 1. The van der Waals surface area contributed by atoms with Crippen LogP contribution in [-0.2, 0) is 6.54 Å². The van der Waals surface area contributed by atoms with Crippen molar-refractivity contribution in [3.8, 4) is 0 Å². The summed E-state index contributed by atoms with van der Waals surface area (Å²) in [4.78, 5) is 2.39. The van der Waals surface area contributed by atoms with Crippen LogP contribution in [0.4, 0.5) is 4.39 Å². The maximum Gasteiger partial charge on any atom is 0.123 e. The minimum atomic E-state index is -0.169. The van der Waals surface area contributed by atoms with E-state index in [0.29, 0.717) is 0 Å². The topological polar surface area (TPSA) is 29.3 Å². The summed E-state index contributed by atoms with van der Waals surface area (Å²) in [7, 11) is 0. The van der Waals surface area contributed by atoms with Gasteiger partial charge in [0.2, 0.25) is 0 Å². The van der Waals surface area contributed by atoms with Crippen molar-refractivity contribution in [2.75, 3.05) is 19.6 Å². The minimum absolute atomic E-state index is 0. The van der Waals surface area contributed by atoms with Crippen molar-refractivity contribution >= 4 is 12.4 Å². The molecule has 2 rings (SSSR count). The molecule has 1 aliphatic rings. The van der Waals surface area contributed by atoms with Crippen molar-refractivity contribution < 1.29 is 4.39 Å². The van der Waals surface area contributed by atoms with Crippen molar-refractivity contribution in [3.63, 3.8) is 0 Å². The maximum atomic E-state index is 12.7. The van der Waals surface area contributed by atoms with Gasteiger partial charge in [0, 0.05) is 13.1 Å². The van der Waals surface area contributed by atoms with Gasteiger partial charge < -0.3 is 5.73 Å². The SMILES string of the molecule is CC1(CN)CCN(Cc2ccc(F)cc2)C1.Cl. The summed E-state index contributed by atoms with van der Waals surface area (Å²) in [5, 5.41) is 0. The van der Waals surface area contributed by atoms with Crippen LogP contribution in [-0.4, -0.2) is 24.5 Å². The lowest BCUT2D eigenvalue weighted by molar-refractivity contribution is 0.274. The lowest BCUT2D eigenvalue weighted by Crippen LogP contribution is -2.31. The van der Waals surface area contributed by atoms with Gasteiger partial charge in [-0.05, 0) is 42.6 Å². The van der Waals surface area contributed by atoms with E-state index < -0.39 is 0 Å². The Bertz CT molecular complexity index is 355. The van der Waals surface area contributed by atoms with Crippen LogP contribution >= 0.6 is 12.4 Å². The molecule has 1 fully saturated rings. The number of hydrogen-bond donors (Lipinski definition) is 1. The number of likely N-dealkylation sites (tertiary alicyclic amines) is 1. The number of benzene rings is 1. The Labute approximate surface area is 108 Å². The Morgan fingerprint density at radius 3 is 2.53 bits per heavy atom. The van der Waals surface area contributed by atoms with E-state index in [4.69, 9.17) is 5.73 Å². The predicted octanol–water partition coefficient (Wildman–Crippen LogP) is 2.42. The quantitative estimate of drug-likeness (QED) is 0.902. The molecule has 1 aromatic rings. The second-order valence-electron chi connectivity index (χ2n) is 5.10. The summed E-state index contributed by atoms with van der Waals surface area (Å²) in [5.74, 6) is -0.169. The first-order valence-electron chi connectivity index (χ1n) is 5.78. The van der Waals surface area contributed by atoms with Gasteiger partial charge in [-0.2, -0.15) is 0 Å². The van der Waals surface area contributed by atoms with Gasteiger partial charge in [0.1, 0.15) is 5.82 Å². The van der Waals surface area contributed by atoms with E-state index in [9.17, 15) is 4.39 Å². The van der Waals surface area contributed by atoms with Gasteiger partial charge >= 0.3 is 0 Å². The van der Waals surface area contributed by atoms with Crippen LogP contribution < -0.4 is 5.73 Å². The molecular formula is C13H20ClFN2. The van der Waals surface area contributed by atoms with Crippen LogP contribution in [0.25, 0.3) is 0 Å². The first-order chi connectivity index (χ1) is 7.61. The molecule has 1 heterocycles. The standard InChI is InChI=1S/C13H19FN2.ClH/c1-13(9-15)6-7-16(10-13)8-11-2-4-12(14)5-3-11;/h2-5H,6-10,15H2,1H3;1H. The van der Waals surface area contributed by atoms with Crippen molar-refractivity contribution in [1.29, 1.82) is 0 Å². The third-order valence-corrected chi connectivity index (χ3v) is 3.45. The van der Waals surface area contributed by atoms with E-state index >= 15 is 0 Å². The molecule has 0 amide bonds. The number of rotatable bonds is 3. The van der Waals surface area contributed by atoms with E-state index in [1.807, 2.05) is 12.1 Å². The van der Waals surface area contributed by atoms with Gasteiger partial charge in [-0.25, -0.2) is 4.39 Å². The molecule has 1 saturated heterocycles. The fraction of sp³-hybridized carbons (Fsp3) is 0.538. The molecule has 0 aliphatic carbocycles. The van der Waals surface area contributed by atoms with E-state index in [-0.39, 0.29) is 23.6 Å². The van der Waals surface area contributed by atoms with E-state index in [1.54, 1.807) is 0 Å². The van der Waals surface area contributed by atoms with Crippen LogP contribution in [0.2, 0.25) is 0 Å². The fourth-order valence-corrected chi connectivity index (χ4v) is 2.28. The molecular weight excluding hydrogens is 239 g/mol. The van der Waals surface area contributed by atoms with Gasteiger partial charge in [0.15, 0.2) is 0 Å². The molecule has 4 heteroatoms. The Morgan fingerprint density at radius 2 is 2.00 bits per heavy atom. The average Bonchev–Trinajstić information content (AvgIpc) is 2.65. The van der Waals surface area contributed by atoms with Crippen LogP contribution in [0, 0.1) is 11.2 Å². The highest BCUT2D eigenvalue weighted by Gasteiger charge is 2.32. The van der Waals surface area contributed by atoms with E-state index in [2.05, 4.69) is 11.8 Å². The zero-order chi connectivity index (χ0) is 11.6. The Balaban J connectivity index is 0.00000144. The first kappa shape index (κ1) is 14.4. The third-order valence-electron chi connectivity index (χ3n) is 3.45. The molecule has 0 bridgehead atoms. The van der Waals surface area contributed by atoms with Gasteiger partial charge in [-0.3, -0.25) is 4.90 Å². The lowest BCUT2D eigenvalue weighted by Gasteiger charge is -2.22. The molecule has 2 nitrogen and oxygen atoms in total. The zero-order valence-corrected chi connectivity index (χ0v) is 11.0. The largest absolute Gasteiger partial charge is 0.330 e. The van der Waals surface area contributed by atoms with Gasteiger partial charge in [-0.1, -0.05) is 19.1 Å². The second-order valence-corrected chi connectivity index (χ2v) is 5.10. The number of halogens is 2. The molecule has 1 atom stereocenters. The summed E-state index contributed by atoms with van der Waals surface area (Å²) in [5.41, 5.74) is 7.20. The van der Waals surface area contributed by atoms with Crippen molar-refractivity contribution in [2.45, 2.75) is 19.9 Å². The summed E-state index contributed by atoms with van der Waals surface area (Å²) in [6.07, 6.45) is 1.16. The summed E-state index contributed by atoms with van der Waals surface area (Å²) < 4.78 is 12.7. The van der Waals surface area contributed by atoms with Crippen molar-refractivity contribution in [2.24, 2.45) is 11.1 Å². The Kier molecular flexibility index (Phi) is 4.92. The monoisotopic (exact) mass is 258 g/mol. The highest BCUT2D eigenvalue weighted by Crippen LogP contribution is 2.29. The summed E-state index contributed by atoms with van der Waals surface area (Å²) in [6.45, 7) is 6.01. The van der Waals surface area contributed by atoms with Gasteiger partial charge in [0.25, 0.3) is 0 Å². The number of nitrogens with zero attached hydrogens (tertiary/aromatic N) is 1. The molecule has 0 radical (unpaired) electrons. The average molecular weight is 259 g/mol. The Hall–Kier alpha value is -0.640. The maximum absolute atomic E-state index is 12.7. The second kappa shape index (κ2) is 5.80. The molecule has 17 heavy (non-hydrogen) atoms. The molecule has 0 saturated carbocycles. The van der Waals surface area contributed by atoms with Crippen molar-refractivity contribution in [1.82, 2.24) is 4.90 Å². The zero-order valence-electron chi connectivity index (χ0n) is 10.2. The molecule has 96 valence electrons. The third kappa shape index (κ3) is 3.66. The Morgan fingerprint density at radius 1 is 1.35 bits per heavy atom. The normalized spacial score (nSPS) is 24.6. The highest BCUT2D eigenvalue weighted by atomic mass is 35.5. The smallest absolute Gasteiger partial charge is 0.123 e. The number of hydrogen-bond acceptors (Lipinski definition) is 2. The minimum Gasteiger partial charge on any atom is -0.330 e. The molecule has 1 unspecified atom stereocenters. The van der Waals surface area contributed by atoms with Crippen LogP contribution in [0.5, 0.6) is 0 Å². The lowest BCUT2D eigenvalue weighted by atomic mass is 9.90. The molecule has 2 N–H and O–H groups in total. The fourth-order valence-electron chi connectivity index (χ4n) is 2.28. The highest BCUT2D eigenvalue weighted by molar-refractivity contribution is 5.85. The van der Waals surface area contributed by atoms with Gasteiger partial charge in [-0.15, -0.1) is 12.4 Å². The van der Waals surface area contributed by atoms with E-state index in [1.165, 1.54) is 17.7 Å². The van der Waals surface area contributed by atoms with Crippen LogP contribution in [0.3, 0.4) is 0 Å². The van der Waals surface area contributed by atoms with Crippen molar-refractivity contribution in [3.05, 3.63) is 35.6 Å². The molecule has 1 aromatic carbocycles. The van der Waals surface area contributed by atoms with E-state index in [0.717, 1.165) is 32.6 Å². The molecule has 0 aromatic heterocycles.